The van der Waals surface area contributed by atoms with Gasteiger partial charge in [-0.05, 0) is 105 Å². The summed E-state index contributed by atoms with van der Waals surface area (Å²) in [6.45, 7) is 4.55. The smallest absolute Gasteiger partial charge is 0.255 e. The van der Waals surface area contributed by atoms with E-state index in [-0.39, 0.29) is 17.7 Å². The van der Waals surface area contributed by atoms with Gasteiger partial charge in [0, 0.05) is 84.6 Å². The number of anilines is 5. The highest BCUT2D eigenvalue weighted by atomic mass is 16.2. The normalized spacial score (nSPS) is 16.3. The zero-order valence-corrected chi connectivity index (χ0v) is 29.9. The van der Waals surface area contributed by atoms with Gasteiger partial charge in [0.2, 0.25) is 17.8 Å². The quantitative estimate of drug-likeness (QED) is 0.118. The second-order valence-corrected chi connectivity index (χ2v) is 13.6. The van der Waals surface area contributed by atoms with E-state index in [0.29, 0.717) is 36.1 Å². The number of benzene rings is 3. The average molecular weight is 710 g/mol. The fraction of sp³-hybridized carbons (Fsp3) is 0.268. The molecule has 0 bridgehead atoms. The molecule has 4 N–H and O–H groups in total. The highest BCUT2D eigenvalue weighted by Gasteiger charge is 2.28. The van der Waals surface area contributed by atoms with Crippen LogP contribution in [0.5, 0.6) is 0 Å². The van der Waals surface area contributed by atoms with Gasteiger partial charge < -0.3 is 20.9 Å². The van der Waals surface area contributed by atoms with Crippen LogP contribution in [0, 0.1) is 6.92 Å². The van der Waals surface area contributed by atoms with Gasteiger partial charge >= 0.3 is 0 Å². The predicted molar refractivity (Wildman–Crippen MR) is 207 cm³/mol. The molecular formula is C41H43N9O3. The Hall–Kier alpha value is -6.14. The van der Waals surface area contributed by atoms with Crippen molar-refractivity contribution < 1.29 is 14.4 Å². The molecule has 53 heavy (non-hydrogen) atoms. The zero-order valence-electron chi connectivity index (χ0n) is 29.9. The Labute approximate surface area is 309 Å². The number of aromatic nitrogens is 3. The van der Waals surface area contributed by atoms with Gasteiger partial charge in [0.25, 0.3) is 5.91 Å². The number of amides is 3. The molecule has 0 spiro atoms. The third kappa shape index (κ3) is 8.67. The summed E-state index contributed by atoms with van der Waals surface area (Å²) in [4.78, 5) is 55.2. The van der Waals surface area contributed by atoms with Crippen LogP contribution in [0.4, 0.5) is 28.7 Å². The average Bonchev–Trinajstić information content (AvgIpc) is 3.18. The third-order valence-corrected chi connectivity index (χ3v) is 9.94. The van der Waals surface area contributed by atoms with E-state index >= 15 is 0 Å². The van der Waals surface area contributed by atoms with Crippen LogP contribution in [-0.4, -0.2) is 69.8 Å². The van der Waals surface area contributed by atoms with Crippen molar-refractivity contribution >= 4 is 46.4 Å². The van der Waals surface area contributed by atoms with Gasteiger partial charge in [-0.1, -0.05) is 24.3 Å². The first-order chi connectivity index (χ1) is 25.8. The van der Waals surface area contributed by atoms with Crippen LogP contribution in [0.25, 0.3) is 11.3 Å². The number of nitrogens with zero attached hydrogens (tertiary/aromatic N) is 5. The van der Waals surface area contributed by atoms with E-state index in [1.54, 1.807) is 18.6 Å². The number of aryl methyl sites for hydroxylation is 1. The molecular weight excluding hydrogens is 667 g/mol. The molecule has 0 saturated carbocycles. The van der Waals surface area contributed by atoms with Crippen molar-refractivity contribution in [2.24, 2.45) is 0 Å². The zero-order chi connectivity index (χ0) is 36.7. The van der Waals surface area contributed by atoms with Gasteiger partial charge in [-0.15, -0.1) is 0 Å². The number of hydrogen-bond acceptors (Lipinski definition) is 10. The Bertz CT molecular complexity index is 2080. The number of piperidine rings is 2. The summed E-state index contributed by atoms with van der Waals surface area (Å²) < 4.78 is 0. The maximum atomic E-state index is 13.3. The third-order valence-electron chi connectivity index (χ3n) is 9.94. The summed E-state index contributed by atoms with van der Waals surface area (Å²) in [5.74, 6) is -0.218. The number of pyridine rings is 1. The van der Waals surface area contributed by atoms with Gasteiger partial charge in [0.05, 0.1) is 5.69 Å². The molecule has 2 aromatic heterocycles. The van der Waals surface area contributed by atoms with Crippen molar-refractivity contribution in [3.05, 3.63) is 120 Å². The highest BCUT2D eigenvalue weighted by Crippen LogP contribution is 2.28. The first-order valence-corrected chi connectivity index (χ1v) is 17.9. The minimum atomic E-state index is -0.416. The number of carbonyl (C=O) groups excluding carboxylic acids is 3. The Morgan fingerprint density at radius 1 is 0.925 bits per heavy atom. The van der Waals surface area contributed by atoms with Crippen LogP contribution in [0.1, 0.15) is 47.2 Å². The molecule has 2 aliphatic rings. The molecule has 2 saturated heterocycles. The van der Waals surface area contributed by atoms with Gasteiger partial charge in [-0.3, -0.25) is 29.6 Å². The predicted octanol–water partition coefficient (Wildman–Crippen LogP) is 6.16. The monoisotopic (exact) mass is 709 g/mol. The second-order valence-electron chi connectivity index (χ2n) is 13.6. The maximum absolute atomic E-state index is 13.3. The lowest BCUT2D eigenvalue weighted by atomic mass is 10.0. The molecule has 3 amide bonds. The molecule has 12 heteroatoms. The van der Waals surface area contributed by atoms with E-state index in [1.165, 1.54) is 0 Å². The van der Waals surface area contributed by atoms with Gasteiger partial charge in [-0.2, -0.15) is 0 Å². The lowest BCUT2D eigenvalue weighted by Gasteiger charge is -2.38. The van der Waals surface area contributed by atoms with Gasteiger partial charge in [0.1, 0.15) is 6.04 Å². The largest absolute Gasteiger partial charge is 0.373 e. The first kappa shape index (κ1) is 35.3. The maximum Gasteiger partial charge on any atom is 0.255 e. The molecule has 0 aliphatic carbocycles. The molecule has 3 aromatic carbocycles. The van der Waals surface area contributed by atoms with E-state index in [9.17, 15) is 14.4 Å². The van der Waals surface area contributed by atoms with Crippen LogP contribution in [0.15, 0.2) is 104 Å². The fourth-order valence-electron chi connectivity index (χ4n) is 6.86. The summed E-state index contributed by atoms with van der Waals surface area (Å²) in [7, 11) is 2.15. The first-order valence-electron chi connectivity index (χ1n) is 17.9. The Morgan fingerprint density at radius 3 is 2.51 bits per heavy atom. The molecule has 2 aliphatic heterocycles. The molecule has 4 heterocycles. The fourth-order valence-corrected chi connectivity index (χ4v) is 6.86. The number of carbonyl (C=O) groups is 3. The standard InChI is InChI=1S/C41H43N9O3/c1-27-9-12-31(24-37(27)47-41-43-21-17-35(46-41)29-7-5-20-42-25-29)44-39(52)28-10-13-33(14-11-28)50-22-18-32(19-23-50)49(2)26-30-6-3-4-8-34(30)45-36-15-16-38(51)48-40(36)53/h3-14,17,20-21,24-25,32,36,45H,15-16,18-19,22-23,26H2,1-2H3,(H,44,52)(H,43,46,47)(H,48,51,53). The lowest BCUT2D eigenvalue weighted by Crippen LogP contribution is -2.47. The summed E-state index contributed by atoms with van der Waals surface area (Å²) in [5.41, 5.74) is 7.83. The van der Waals surface area contributed by atoms with Crippen molar-refractivity contribution in [3.63, 3.8) is 0 Å². The van der Waals surface area contributed by atoms with E-state index in [4.69, 9.17) is 0 Å². The van der Waals surface area contributed by atoms with Crippen molar-refractivity contribution in [3.8, 4) is 11.3 Å². The summed E-state index contributed by atoms with van der Waals surface area (Å²) in [5, 5.41) is 12.1. The van der Waals surface area contributed by atoms with Crippen LogP contribution >= 0.6 is 0 Å². The molecule has 1 unspecified atom stereocenters. The second kappa shape index (κ2) is 16.0. The number of para-hydroxylation sites is 1. The van der Waals surface area contributed by atoms with Crippen LogP contribution in [0.3, 0.4) is 0 Å². The van der Waals surface area contributed by atoms with Gasteiger partial charge in [0.15, 0.2) is 0 Å². The van der Waals surface area contributed by atoms with Crippen LogP contribution in [-0.2, 0) is 16.1 Å². The van der Waals surface area contributed by atoms with Crippen molar-refractivity contribution in [1.82, 2.24) is 25.2 Å². The minimum absolute atomic E-state index is 0.186. The Kier molecular flexibility index (Phi) is 10.7. The Morgan fingerprint density at radius 2 is 1.74 bits per heavy atom. The lowest BCUT2D eigenvalue weighted by molar-refractivity contribution is -0.133. The molecule has 5 aromatic rings. The van der Waals surface area contributed by atoms with Gasteiger partial charge in [-0.25, -0.2) is 9.97 Å². The van der Waals surface area contributed by atoms with E-state index in [2.05, 4.69) is 59.1 Å². The molecule has 1 atom stereocenters. The number of nitrogens with one attached hydrogen (secondary N) is 4. The topological polar surface area (TPSA) is 144 Å². The number of imide groups is 1. The summed E-state index contributed by atoms with van der Waals surface area (Å²) in [6.07, 6.45) is 8.03. The van der Waals surface area contributed by atoms with Crippen LogP contribution < -0.4 is 26.2 Å². The molecule has 12 nitrogen and oxygen atoms in total. The number of hydrogen-bond donors (Lipinski definition) is 4. The Balaban J connectivity index is 0.917. The molecule has 270 valence electrons. The van der Waals surface area contributed by atoms with E-state index in [1.807, 2.05) is 85.8 Å². The minimum Gasteiger partial charge on any atom is -0.373 e. The van der Waals surface area contributed by atoms with Crippen LogP contribution in [0.2, 0.25) is 0 Å². The van der Waals surface area contributed by atoms with Crippen molar-refractivity contribution in [1.29, 1.82) is 0 Å². The molecule has 2 fully saturated rings. The highest BCUT2D eigenvalue weighted by molar-refractivity contribution is 6.04. The summed E-state index contributed by atoms with van der Waals surface area (Å²) in [6, 6.07) is 27.2. The molecule has 7 rings (SSSR count). The SMILES string of the molecule is Cc1ccc(NC(=O)c2ccc(N3CCC(N(C)Cc4ccccc4NC4CCC(=O)NC4=O)CC3)cc2)cc1Nc1nccc(-c2cccnc2)n1. The summed E-state index contributed by atoms with van der Waals surface area (Å²) >= 11 is 0. The van der Waals surface area contributed by atoms with E-state index < -0.39 is 6.04 Å². The number of rotatable bonds is 11. The van der Waals surface area contributed by atoms with Crippen molar-refractivity contribution in [2.45, 2.75) is 51.2 Å². The van der Waals surface area contributed by atoms with Crippen molar-refractivity contribution in [2.75, 3.05) is 41.0 Å². The van der Waals surface area contributed by atoms with E-state index in [0.717, 1.165) is 71.9 Å². The molecule has 0 radical (unpaired) electrons.